The Morgan fingerprint density at radius 3 is 2.75 bits per heavy atom. The normalized spacial score (nSPS) is 16.4. The van der Waals surface area contributed by atoms with Gasteiger partial charge in [-0.15, -0.1) is 11.8 Å². The van der Waals surface area contributed by atoms with Crippen molar-refractivity contribution in [2.45, 2.75) is 21.1 Å². The van der Waals surface area contributed by atoms with Crippen molar-refractivity contribution in [1.29, 1.82) is 0 Å². The number of thioether (sulfide) groups is 1. The summed E-state index contributed by atoms with van der Waals surface area (Å²) in [5.41, 5.74) is 2.11. The maximum atomic E-state index is 12.5. The van der Waals surface area contributed by atoms with E-state index in [-0.39, 0.29) is 5.75 Å². The zero-order valence-electron chi connectivity index (χ0n) is 10.5. The summed E-state index contributed by atoms with van der Waals surface area (Å²) in [5, 5.41) is 8.72. The molecule has 0 spiro atoms. The third kappa shape index (κ3) is 2.57. The van der Waals surface area contributed by atoms with Crippen LogP contribution < -0.4 is 0 Å². The topological polar surface area (TPSA) is 60.4 Å². The second-order valence-corrected chi connectivity index (χ2v) is 6.97. The lowest BCUT2D eigenvalue weighted by atomic mass is 10.0. The fourth-order valence-corrected chi connectivity index (χ4v) is 4.32. The third-order valence-corrected chi connectivity index (χ3v) is 5.72. The van der Waals surface area contributed by atoms with Gasteiger partial charge in [0.05, 0.1) is 5.75 Å². The van der Waals surface area contributed by atoms with Crippen molar-refractivity contribution in [1.82, 2.24) is 0 Å². The third-order valence-electron chi connectivity index (χ3n) is 3.15. The van der Waals surface area contributed by atoms with Gasteiger partial charge in [0.1, 0.15) is 0 Å². The van der Waals surface area contributed by atoms with Crippen LogP contribution in [0.4, 0.5) is 0 Å². The van der Waals surface area contributed by atoms with Crippen LogP contribution in [-0.2, 0) is 22.4 Å². The lowest BCUT2D eigenvalue weighted by molar-refractivity contribution is -0.133. The minimum atomic E-state index is -1.14. The number of fused-ring (bicyclic) bond motifs is 2. The molecule has 1 atom stereocenters. The summed E-state index contributed by atoms with van der Waals surface area (Å²) in [6.45, 7) is 0. The summed E-state index contributed by atoms with van der Waals surface area (Å²) in [4.78, 5) is 13.2. The molecule has 20 heavy (non-hydrogen) atoms. The summed E-state index contributed by atoms with van der Waals surface area (Å²) >= 11 is 0.149. The van der Waals surface area contributed by atoms with Gasteiger partial charge >= 0.3 is 5.97 Å². The summed E-state index contributed by atoms with van der Waals surface area (Å²) in [6.07, 6.45) is 0.749. The summed E-state index contributed by atoms with van der Waals surface area (Å²) < 4.78 is 12.5. The lowest BCUT2D eigenvalue weighted by Crippen LogP contribution is -2.14. The highest BCUT2D eigenvalue weighted by atomic mass is 32.2. The maximum absolute atomic E-state index is 12.5. The van der Waals surface area contributed by atoms with E-state index in [1.165, 1.54) is 11.8 Å². The highest BCUT2D eigenvalue weighted by molar-refractivity contribution is 8.00. The summed E-state index contributed by atoms with van der Waals surface area (Å²) in [6, 6.07) is 13.4. The van der Waals surface area contributed by atoms with E-state index in [1.54, 1.807) is 0 Å². The first-order valence-electron chi connectivity index (χ1n) is 6.12. The Hall–Kier alpha value is -1.43. The van der Waals surface area contributed by atoms with Crippen LogP contribution in [0.5, 0.6) is 0 Å². The van der Waals surface area contributed by atoms with Crippen molar-refractivity contribution in [3.8, 4) is 0 Å². The molecular formula is C15H12O3S2. The van der Waals surface area contributed by atoms with E-state index in [0.29, 0.717) is 0 Å². The molecule has 5 heteroatoms. The first-order chi connectivity index (χ1) is 9.65. The SMILES string of the molecule is O=C(O)CSc1ccc2c(c1)Cc1ccccc1[S+]2[O-]. The fourth-order valence-electron chi connectivity index (χ4n) is 2.26. The Morgan fingerprint density at radius 2 is 1.95 bits per heavy atom. The van der Waals surface area contributed by atoms with Crippen LogP contribution >= 0.6 is 11.8 Å². The van der Waals surface area contributed by atoms with Crippen LogP contribution in [-0.4, -0.2) is 21.4 Å². The second-order valence-electron chi connectivity index (χ2n) is 4.51. The fraction of sp³-hybridized carbons (Fsp3) is 0.133. The monoisotopic (exact) mass is 304 g/mol. The van der Waals surface area contributed by atoms with Gasteiger partial charge in [0, 0.05) is 33.6 Å². The molecule has 0 aromatic heterocycles. The van der Waals surface area contributed by atoms with Crippen LogP contribution in [0.1, 0.15) is 11.1 Å². The van der Waals surface area contributed by atoms with Gasteiger partial charge in [-0.1, -0.05) is 18.2 Å². The Morgan fingerprint density at radius 1 is 1.20 bits per heavy atom. The van der Waals surface area contributed by atoms with Gasteiger partial charge in [-0.3, -0.25) is 4.79 Å². The molecule has 0 fully saturated rings. The minimum Gasteiger partial charge on any atom is -0.606 e. The first kappa shape index (κ1) is 13.5. The number of hydrogen-bond acceptors (Lipinski definition) is 3. The number of benzene rings is 2. The van der Waals surface area contributed by atoms with E-state index in [2.05, 4.69) is 0 Å². The van der Waals surface area contributed by atoms with E-state index in [9.17, 15) is 9.35 Å². The molecule has 1 aliphatic rings. The van der Waals surface area contributed by atoms with Crippen LogP contribution in [0.25, 0.3) is 0 Å². The molecule has 102 valence electrons. The lowest BCUT2D eigenvalue weighted by Gasteiger charge is -2.21. The number of carbonyl (C=O) groups is 1. The van der Waals surface area contributed by atoms with Crippen molar-refractivity contribution in [2.75, 3.05) is 5.75 Å². The Balaban J connectivity index is 1.92. The van der Waals surface area contributed by atoms with E-state index in [4.69, 9.17) is 5.11 Å². The molecule has 2 aromatic rings. The van der Waals surface area contributed by atoms with E-state index in [1.807, 2.05) is 42.5 Å². The molecule has 1 N–H and O–H groups in total. The van der Waals surface area contributed by atoms with Crippen LogP contribution in [0, 0.1) is 0 Å². The van der Waals surface area contributed by atoms with Crippen LogP contribution in [0.15, 0.2) is 57.2 Å². The minimum absolute atomic E-state index is 0.0401. The number of hydrogen-bond donors (Lipinski definition) is 1. The molecule has 0 bridgehead atoms. The number of carboxylic acids is 1. The van der Waals surface area contributed by atoms with Crippen molar-refractivity contribution < 1.29 is 14.5 Å². The van der Waals surface area contributed by atoms with Gasteiger partial charge in [0.25, 0.3) is 0 Å². The van der Waals surface area contributed by atoms with Crippen molar-refractivity contribution in [3.63, 3.8) is 0 Å². The highest BCUT2D eigenvalue weighted by Crippen LogP contribution is 2.36. The van der Waals surface area contributed by atoms with Crippen molar-refractivity contribution >= 4 is 28.9 Å². The molecule has 0 aliphatic carbocycles. The second kappa shape index (κ2) is 5.52. The van der Waals surface area contributed by atoms with Gasteiger partial charge in [-0.25, -0.2) is 0 Å². The molecule has 0 saturated carbocycles. The average molecular weight is 304 g/mol. The predicted molar refractivity (Wildman–Crippen MR) is 78.7 cm³/mol. The maximum Gasteiger partial charge on any atom is 0.313 e. The standard InChI is InChI=1S/C15H12O3S2/c16-15(17)9-19-12-5-6-14-11(8-12)7-10-3-1-2-4-13(10)20(14)18/h1-6,8H,7,9H2,(H,16,17). The molecule has 3 nitrogen and oxygen atoms in total. The quantitative estimate of drug-likeness (QED) is 0.699. The molecular weight excluding hydrogens is 292 g/mol. The molecule has 0 saturated heterocycles. The van der Waals surface area contributed by atoms with Crippen LogP contribution in [0.2, 0.25) is 0 Å². The summed E-state index contributed by atoms with van der Waals surface area (Å²) in [5.74, 6) is -0.792. The Kier molecular flexibility index (Phi) is 3.74. The molecule has 0 radical (unpaired) electrons. The van der Waals surface area contributed by atoms with Gasteiger partial charge < -0.3 is 9.66 Å². The Bertz CT molecular complexity index is 670. The molecule has 1 aliphatic heterocycles. The number of rotatable bonds is 3. The molecule has 1 heterocycles. The largest absolute Gasteiger partial charge is 0.606 e. The molecule has 0 amide bonds. The van der Waals surface area contributed by atoms with Crippen molar-refractivity contribution in [2.24, 2.45) is 0 Å². The van der Waals surface area contributed by atoms with E-state index < -0.39 is 17.1 Å². The predicted octanol–water partition coefficient (Wildman–Crippen LogP) is 2.93. The zero-order valence-corrected chi connectivity index (χ0v) is 12.2. The van der Waals surface area contributed by atoms with E-state index in [0.717, 1.165) is 32.2 Å². The first-order valence-corrected chi connectivity index (χ1v) is 8.26. The van der Waals surface area contributed by atoms with Crippen molar-refractivity contribution in [3.05, 3.63) is 53.6 Å². The average Bonchev–Trinajstić information content (AvgIpc) is 2.45. The number of aliphatic carboxylic acids is 1. The molecule has 3 rings (SSSR count). The molecule has 1 unspecified atom stereocenters. The smallest absolute Gasteiger partial charge is 0.313 e. The van der Waals surface area contributed by atoms with Gasteiger partial charge in [0.2, 0.25) is 0 Å². The summed E-state index contributed by atoms with van der Waals surface area (Å²) in [7, 11) is 0. The zero-order chi connectivity index (χ0) is 14.1. The number of carboxylic acid groups (broad SMARTS) is 1. The highest BCUT2D eigenvalue weighted by Gasteiger charge is 2.28. The van der Waals surface area contributed by atoms with Gasteiger partial charge in [0.15, 0.2) is 9.79 Å². The molecule has 2 aromatic carbocycles. The van der Waals surface area contributed by atoms with Gasteiger partial charge in [-0.2, -0.15) is 0 Å². The van der Waals surface area contributed by atoms with Gasteiger partial charge in [-0.05, 0) is 24.3 Å². The van der Waals surface area contributed by atoms with E-state index >= 15 is 0 Å². The Labute approximate surface area is 124 Å². The van der Waals surface area contributed by atoms with Crippen LogP contribution in [0.3, 0.4) is 0 Å².